The minimum absolute atomic E-state index is 0.0640. The minimum Gasteiger partial charge on any atom is -0.476 e. The molecule has 0 unspecified atom stereocenters. The maximum absolute atomic E-state index is 9.12. The fraction of sp³-hybridized carbons (Fsp3) is 0.444. The van der Waals surface area contributed by atoms with Crippen LogP contribution in [0.4, 0.5) is 5.13 Å². The number of rotatable bonds is 7. The molecule has 0 aromatic carbocycles. The maximum Gasteiger partial charge on any atom is 0.233 e. The molecule has 3 aromatic rings. The van der Waals surface area contributed by atoms with Crippen LogP contribution in [0.5, 0.6) is 5.88 Å². The highest BCUT2D eigenvalue weighted by Crippen LogP contribution is 2.32. The van der Waals surface area contributed by atoms with E-state index in [9.17, 15) is 0 Å². The van der Waals surface area contributed by atoms with E-state index in [1.54, 1.807) is 4.68 Å². The van der Waals surface area contributed by atoms with Crippen molar-refractivity contribution in [2.45, 2.75) is 13.3 Å². The van der Waals surface area contributed by atoms with Crippen LogP contribution in [-0.2, 0) is 7.05 Å². The second-order valence-electron chi connectivity index (χ2n) is 6.80. The molecule has 4 heterocycles. The van der Waals surface area contributed by atoms with Crippen LogP contribution in [0.25, 0.3) is 22.1 Å². The topological polar surface area (TPSA) is 109 Å². The molecule has 0 saturated heterocycles. The van der Waals surface area contributed by atoms with E-state index in [0.29, 0.717) is 12.5 Å². The molecular formula is C18H23N7O2S2. The number of aromatic nitrogens is 4. The lowest BCUT2D eigenvalue weighted by atomic mass is 10.2. The molecule has 11 heteroatoms. The third kappa shape index (κ3) is 4.74. The Bertz CT molecular complexity index is 994. The normalized spacial score (nSPS) is 14.9. The highest BCUT2D eigenvalue weighted by molar-refractivity contribution is 7.14. The second-order valence-corrected chi connectivity index (χ2v) is 8.52. The Kier molecular flexibility index (Phi) is 6.07. The third-order valence-corrected chi connectivity index (χ3v) is 5.92. The van der Waals surface area contributed by atoms with Gasteiger partial charge in [0.2, 0.25) is 5.88 Å². The van der Waals surface area contributed by atoms with E-state index < -0.39 is 0 Å². The Labute approximate surface area is 176 Å². The highest BCUT2D eigenvalue weighted by Gasteiger charge is 2.16. The summed E-state index contributed by atoms with van der Waals surface area (Å²) in [4.78, 5) is 13.8. The first-order valence-electron chi connectivity index (χ1n) is 9.37. The van der Waals surface area contributed by atoms with Crippen molar-refractivity contribution in [1.29, 1.82) is 0 Å². The van der Waals surface area contributed by atoms with E-state index in [0.717, 1.165) is 52.7 Å². The van der Waals surface area contributed by atoms with Crippen LogP contribution >= 0.6 is 22.7 Å². The number of aliphatic imine (C=N–C) groups is 1. The summed E-state index contributed by atoms with van der Waals surface area (Å²) < 4.78 is 7.41. The number of nitrogens with one attached hydrogen (secondary N) is 2. The van der Waals surface area contributed by atoms with Gasteiger partial charge in [-0.2, -0.15) is 0 Å². The SMILES string of the molecule is C[C@@H](CO)COc1cc(-c2nc(-c3csc(NC4=NCCCN4)n3)cs2)n(C)n1. The standard InChI is InChI=1S/C18H23N7O2S2/c1-11(7-26)8-27-15-6-14(25(2)24-15)16-21-12(9-28-16)13-10-29-18(22-13)23-17-19-4-3-5-20-17/h6,9-11,26H,3-5,7-8H2,1-2H3,(H2,19,20,22,23)/t11-/m0/s1. The average molecular weight is 434 g/mol. The molecule has 154 valence electrons. The van der Waals surface area contributed by atoms with Crippen molar-refractivity contribution in [1.82, 2.24) is 25.1 Å². The van der Waals surface area contributed by atoms with Crippen molar-refractivity contribution in [2.75, 3.05) is 31.6 Å². The molecule has 29 heavy (non-hydrogen) atoms. The lowest BCUT2D eigenvalue weighted by Crippen LogP contribution is -2.35. The number of aryl methyl sites for hydroxylation is 1. The molecule has 1 atom stereocenters. The molecule has 1 aliphatic heterocycles. The van der Waals surface area contributed by atoms with Gasteiger partial charge in [-0.05, 0) is 6.42 Å². The van der Waals surface area contributed by atoms with Crippen LogP contribution in [-0.4, -0.2) is 57.1 Å². The van der Waals surface area contributed by atoms with Crippen molar-refractivity contribution in [3.63, 3.8) is 0 Å². The third-order valence-electron chi connectivity index (χ3n) is 4.30. The summed E-state index contributed by atoms with van der Waals surface area (Å²) >= 11 is 3.06. The fourth-order valence-electron chi connectivity index (χ4n) is 2.67. The monoisotopic (exact) mass is 433 g/mol. The smallest absolute Gasteiger partial charge is 0.233 e. The van der Waals surface area contributed by atoms with Gasteiger partial charge in [0, 0.05) is 49.5 Å². The van der Waals surface area contributed by atoms with E-state index in [2.05, 4.69) is 25.7 Å². The van der Waals surface area contributed by atoms with Crippen LogP contribution in [0, 0.1) is 5.92 Å². The fourth-order valence-corrected chi connectivity index (χ4v) is 4.23. The van der Waals surface area contributed by atoms with Crippen LogP contribution in [0.3, 0.4) is 0 Å². The second kappa shape index (κ2) is 8.89. The Balaban J connectivity index is 1.46. The summed E-state index contributed by atoms with van der Waals surface area (Å²) in [5.74, 6) is 1.36. The number of aliphatic hydroxyl groups excluding tert-OH is 1. The van der Waals surface area contributed by atoms with Gasteiger partial charge in [0.1, 0.15) is 22.1 Å². The van der Waals surface area contributed by atoms with Crippen molar-refractivity contribution in [3.05, 3.63) is 16.8 Å². The van der Waals surface area contributed by atoms with E-state index in [1.807, 2.05) is 30.8 Å². The first-order valence-corrected chi connectivity index (χ1v) is 11.1. The summed E-state index contributed by atoms with van der Waals surface area (Å²) in [7, 11) is 1.86. The van der Waals surface area contributed by atoms with E-state index in [1.165, 1.54) is 22.7 Å². The molecule has 0 bridgehead atoms. The zero-order valence-electron chi connectivity index (χ0n) is 16.3. The molecule has 4 rings (SSSR count). The quantitative estimate of drug-likeness (QED) is 0.525. The summed E-state index contributed by atoms with van der Waals surface area (Å²) in [6.07, 6.45) is 1.05. The largest absolute Gasteiger partial charge is 0.476 e. The van der Waals surface area contributed by atoms with Crippen molar-refractivity contribution >= 4 is 33.8 Å². The van der Waals surface area contributed by atoms with Crippen molar-refractivity contribution in [2.24, 2.45) is 18.0 Å². The number of hydrogen-bond acceptors (Lipinski definition) is 10. The number of nitrogens with zero attached hydrogens (tertiary/aromatic N) is 5. The van der Waals surface area contributed by atoms with Gasteiger partial charge >= 0.3 is 0 Å². The first kappa shape index (κ1) is 19.8. The predicted molar refractivity (Wildman–Crippen MR) is 116 cm³/mol. The number of hydrogen-bond donors (Lipinski definition) is 3. The number of aliphatic hydroxyl groups is 1. The molecule has 3 N–H and O–H groups in total. The summed E-state index contributed by atoms with van der Waals surface area (Å²) in [5.41, 5.74) is 2.53. The Morgan fingerprint density at radius 2 is 2.14 bits per heavy atom. The average Bonchev–Trinajstić information content (AvgIpc) is 3.46. The summed E-state index contributed by atoms with van der Waals surface area (Å²) in [6, 6.07) is 1.87. The number of thiazole rings is 2. The van der Waals surface area contributed by atoms with E-state index >= 15 is 0 Å². The number of ether oxygens (including phenoxy) is 1. The molecule has 3 aromatic heterocycles. The highest BCUT2D eigenvalue weighted by atomic mass is 32.1. The lowest BCUT2D eigenvalue weighted by Gasteiger charge is -2.13. The Morgan fingerprint density at radius 3 is 2.93 bits per heavy atom. The summed E-state index contributed by atoms with van der Waals surface area (Å²) in [6.45, 7) is 4.19. The van der Waals surface area contributed by atoms with Gasteiger partial charge in [-0.1, -0.05) is 6.92 Å². The van der Waals surface area contributed by atoms with Crippen LogP contribution in [0.2, 0.25) is 0 Å². The summed E-state index contributed by atoms with van der Waals surface area (Å²) in [5, 5.41) is 25.6. The van der Waals surface area contributed by atoms with Crippen molar-refractivity contribution in [3.8, 4) is 28.0 Å². The van der Waals surface area contributed by atoms with Gasteiger partial charge in [0.05, 0.1) is 6.61 Å². The molecule has 0 amide bonds. The number of anilines is 1. The maximum atomic E-state index is 9.12. The van der Waals surface area contributed by atoms with Crippen LogP contribution in [0.1, 0.15) is 13.3 Å². The van der Waals surface area contributed by atoms with Gasteiger partial charge in [-0.3, -0.25) is 9.67 Å². The Morgan fingerprint density at radius 1 is 1.31 bits per heavy atom. The molecule has 0 radical (unpaired) electrons. The minimum atomic E-state index is 0.0640. The van der Waals surface area contributed by atoms with Gasteiger partial charge in [0.15, 0.2) is 11.1 Å². The van der Waals surface area contributed by atoms with Gasteiger partial charge < -0.3 is 20.5 Å². The zero-order valence-corrected chi connectivity index (χ0v) is 17.9. The molecule has 0 aliphatic carbocycles. The lowest BCUT2D eigenvalue weighted by molar-refractivity contribution is 0.170. The first-order chi connectivity index (χ1) is 14.1. The van der Waals surface area contributed by atoms with E-state index in [4.69, 9.17) is 14.8 Å². The van der Waals surface area contributed by atoms with Gasteiger partial charge in [0.25, 0.3) is 0 Å². The molecule has 0 fully saturated rings. The van der Waals surface area contributed by atoms with Crippen LogP contribution in [0.15, 0.2) is 21.8 Å². The molecule has 9 nitrogen and oxygen atoms in total. The predicted octanol–water partition coefficient (Wildman–Crippen LogP) is 2.44. The zero-order chi connectivity index (χ0) is 20.2. The molecule has 1 aliphatic rings. The van der Waals surface area contributed by atoms with E-state index in [-0.39, 0.29) is 12.5 Å². The molecule has 0 spiro atoms. The van der Waals surface area contributed by atoms with Gasteiger partial charge in [-0.25, -0.2) is 9.97 Å². The molecular weight excluding hydrogens is 410 g/mol. The van der Waals surface area contributed by atoms with Crippen LogP contribution < -0.4 is 15.4 Å². The van der Waals surface area contributed by atoms with Gasteiger partial charge in [-0.15, -0.1) is 27.8 Å². The van der Waals surface area contributed by atoms with Crippen molar-refractivity contribution < 1.29 is 9.84 Å². The number of guanidine groups is 1. The Hall–Kier alpha value is -2.50. The molecule has 0 saturated carbocycles.